The minimum atomic E-state index is 0.568. The first-order chi connectivity index (χ1) is 14.2. The Bertz CT molecular complexity index is 1220. The number of pyridine rings is 2. The molecule has 0 saturated carbocycles. The summed E-state index contributed by atoms with van der Waals surface area (Å²) in [6.45, 7) is 2.48. The Balaban J connectivity index is 1.37. The van der Waals surface area contributed by atoms with Gasteiger partial charge in [0, 0.05) is 48.3 Å². The monoisotopic (exact) mass is 385 g/mol. The molecule has 0 radical (unpaired) electrons. The van der Waals surface area contributed by atoms with E-state index in [9.17, 15) is 4.79 Å². The van der Waals surface area contributed by atoms with Crippen molar-refractivity contribution in [2.75, 3.05) is 0 Å². The SMILES string of the molecule is Cc1cc2nc(CN3C=C(c4cncc(-n5cccc5)c4)NN3)cn2cc1C=O. The molecule has 4 aromatic rings. The number of hydrogen-bond acceptors (Lipinski definition) is 6. The van der Waals surface area contributed by atoms with Crippen LogP contribution >= 0.6 is 0 Å². The van der Waals surface area contributed by atoms with Crippen LogP contribution < -0.4 is 11.0 Å². The van der Waals surface area contributed by atoms with Gasteiger partial charge in [0.05, 0.1) is 29.8 Å². The highest BCUT2D eigenvalue weighted by Gasteiger charge is 2.15. The zero-order valence-corrected chi connectivity index (χ0v) is 15.8. The predicted molar refractivity (Wildman–Crippen MR) is 109 cm³/mol. The summed E-state index contributed by atoms with van der Waals surface area (Å²) < 4.78 is 3.90. The molecule has 0 atom stereocenters. The van der Waals surface area contributed by atoms with Gasteiger partial charge in [-0.1, -0.05) is 0 Å². The van der Waals surface area contributed by atoms with Crippen molar-refractivity contribution in [2.45, 2.75) is 13.5 Å². The lowest BCUT2D eigenvalue weighted by atomic mass is 10.2. The minimum absolute atomic E-state index is 0.568. The fourth-order valence-electron chi connectivity index (χ4n) is 3.38. The van der Waals surface area contributed by atoms with Gasteiger partial charge in [-0.3, -0.25) is 14.8 Å². The molecule has 2 N–H and O–H groups in total. The molecule has 0 bridgehead atoms. The van der Waals surface area contributed by atoms with Gasteiger partial charge in [0.25, 0.3) is 0 Å². The summed E-state index contributed by atoms with van der Waals surface area (Å²) >= 11 is 0. The number of carbonyl (C=O) groups is 1. The number of fused-ring (bicyclic) bond motifs is 1. The van der Waals surface area contributed by atoms with Crippen molar-refractivity contribution in [1.29, 1.82) is 0 Å². The third-order valence-corrected chi connectivity index (χ3v) is 4.91. The van der Waals surface area contributed by atoms with E-state index in [1.54, 1.807) is 0 Å². The molecule has 0 aliphatic carbocycles. The number of aryl methyl sites for hydroxylation is 1. The molecule has 8 heteroatoms. The number of hydrazine groups is 2. The van der Waals surface area contributed by atoms with Crippen molar-refractivity contribution >= 4 is 17.6 Å². The van der Waals surface area contributed by atoms with Gasteiger partial charge >= 0.3 is 0 Å². The largest absolute Gasteiger partial charge is 0.322 e. The summed E-state index contributed by atoms with van der Waals surface area (Å²) in [5.74, 6) is 0. The van der Waals surface area contributed by atoms with Crippen LogP contribution in [0.15, 0.2) is 67.6 Å². The molecule has 144 valence electrons. The van der Waals surface area contributed by atoms with Gasteiger partial charge < -0.3 is 14.4 Å². The van der Waals surface area contributed by atoms with Crippen molar-refractivity contribution in [3.63, 3.8) is 0 Å². The second-order valence-electron chi connectivity index (χ2n) is 6.96. The summed E-state index contributed by atoms with van der Waals surface area (Å²) in [4.78, 5) is 20.2. The quantitative estimate of drug-likeness (QED) is 0.514. The van der Waals surface area contributed by atoms with Crippen LogP contribution in [0.1, 0.15) is 27.2 Å². The van der Waals surface area contributed by atoms with Crippen LogP contribution in [-0.2, 0) is 6.54 Å². The van der Waals surface area contributed by atoms with Crippen LogP contribution in [0.25, 0.3) is 17.0 Å². The number of aldehydes is 1. The van der Waals surface area contributed by atoms with Crippen LogP contribution in [0.2, 0.25) is 0 Å². The van der Waals surface area contributed by atoms with Gasteiger partial charge in [0.15, 0.2) is 6.29 Å². The first-order valence-electron chi connectivity index (χ1n) is 9.22. The zero-order valence-electron chi connectivity index (χ0n) is 15.8. The van der Waals surface area contributed by atoms with Crippen LogP contribution in [0.4, 0.5) is 0 Å². The van der Waals surface area contributed by atoms with E-state index in [0.717, 1.165) is 40.1 Å². The molecular weight excluding hydrogens is 366 g/mol. The Morgan fingerprint density at radius 2 is 2.00 bits per heavy atom. The molecule has 5 heterocycles. The van der Waals surface area contributed by atoms with Crippen molar-refractivity contribution in [1.82, 2.24) is 34.9 Å². The van der Waals surface area contributed by atoms with Crippen molar-refractivity contribution in [3.05, 3.63) is 90.0 Å². The van der Waals surface area contributed by atoms with Crippen molar-refractivity contribution < 1.29 is 4.79 Å². The van der Waals surface area contributed by atoms with Gasteiger partial charge in [-0.25, -0.2) is 4.98 Å². The summed E-state index contributed by atoms with van der Waals surface area (Å²) in [7, 11) is 0. The lowest BCUT2D eigenvalue weighted by molar-refractivity contribution is 0.112. The number of nitrogens with zero attached hydrogens (tertiary/aromatic N) is 5. The number of carbonyl (C=O) groups excluding carboxylic acids is 1. The number of imidazole rings is 1. The fourth-order valence-corrected chi connectivity index (χ4v) is 3.38. The third kappa shape index (κ3) is 3.26. The summed E-state index contributed by atoms with van der Waals surface area (Å²) in [5.41, 5.74) is 12.5. The van der Waals surface area contributed by atoms with E-state index in [2.05, 4.69) is 27.0 Å². The first kappa shape index (κ1) is 17.2. The normalized spacial score (nSPS) is 13.6. The highest BCUT2D eigenvalue weighted by Crippen LogP contribution is 2.19. The zero-order chi connectivity index (χ0) is 19.8. The molecule has 8 nitrogen and oxygen atoms in total. The Morgan fingerprint density at radius 1 is 1.14 bits per heavy atom. The number of nitrogens with one attached hydrogen (secondary N) is 2. The van der Waals surface area contributed by atoms with Crippen LogP contribution in [0.3, 0.4) is 0 Å². The maximum Gasteiger partial charge on any atom is 0.151 e. The van der Waals surface area contributed by atoms with Gasteiger partial charge in [-0.05, 0) is 36.8 Å². The Labute approximate surface area is 167 Å². The molecule has 0 aromatic carbocycles. The molecule has 29 heavy (non-hydrogen) atoms. The van der Waals surface area contributed by atoms with E-state index in [4.69, 9.17) is 0 Å². The number of hydrogen-bond donors (Lipinski definition) is 2. The lowest BCUT2D eigenvalue weighted by Crippen LogP contribution is -2.35. The van der Waals surface area contributed by atoms with E-state index >= 15 is 0 Å². The smallest absolute Gasteiger partial charge is 0.151 e. The van der Waals surface area contributed by atoms with E-state index in [1.165, 1.54) is 0 Å². The Hall–Kier alpha value is -3.91. The minimum Gasteiger partial charge on any atom is -0.322 e. The van der Waals surface area contributed by atoms with Crippen LogP contribution in [-0.4, -0.2) is 30.2 Å². The maximum absolute atomic E-state index is 11.2. The second kappa shape index (κ2) is 6.92. The molecule has 0 amide bonds. The van der Waals surface area contributed by atoms with Crippen LogP contribution in [0, 0.1) is 6.92 Å². The molecule has 0 saturated heterocycles. The molecule has 0 spiro atoms. The maximum atomic E-state index is 11.2. The molecule has 1 aliphatic rings. The van der Waals surface area contributed by atoms with E-state index < -0.39 is 0 Å². The van der Waals surface area contributed by atoms with E-state index in [-0.39, 0.29) is 0 Å². The summed E-state index contributed by atoms with van der Waals surface area (Å²) in [6, 6.07) is 7.96. The molecule has 1 aliphatic heterocycles. The summed E-state index contributed by atoms with van der Waals surface area (Å²) in [6.07, 6.45) is 14.2. The van der Waals surface area contributed by atoms with E-state index in [0.29, 0.717) is 12.1 Å². The first-order valence-corrected chi connectivity index (χ1v) is 9.22. The third-order valence-electron chi connectivity index (χ3n) is 4.91. The topological polar surface area (TPSA) is 79.5 Å². The molecule has 5 rings (SSSR count). The molecule has 4 aromatic heterocycles. The average Bonchev–Trinajstić information content (AvgIpc) is 3.48. The second-order valence-corrected chi connectivity index (χ2v) is 6.96. The number of rotatable bonds is 5. The fraction of sp³-hybridized carbons (Fsp3) is 0.0952. The molecule has 0 unspecified atom stereocenters. The molecule has 0 fully saturated rings. The Kier molecular flexibility index (Phi) is 4.10. The highest BCUT2D eigenvalue weighted by molar-refractivity contribution is 5.77. The van der Waals surface area contributed by atoms with Gasteiger partial charge in [0.1, 0.15) is 5.65 Å². The van der Waals surface area contributed by atoms with Gasteiger partial charge in [0.2, 0.25) is 0 Å². The van der Waals surface area contributed by atoms with Crippen LogP contribution in [0.5, 0.6) is 0 Å². The summed E-state index contributed by atoms with van der Waals surface area (Å²) in [5, 5.41) is 1.92. The average molecular weight is 385 g/mol. The number of aromatic nitrogens is 4. The van der Waals surface area contributed by atoms with Crippen molar-refractivity contribution in [2.24, 2.45) is 0 Å². The predicted octanol–water partition coefficient (Wildman–Crippen LogP) is 2.46. The Morgan fingerprint density at radius 3 is 2.83 bits per heavy atom. The highest BCUT2D eigenvalue weighted by atomic mass is 16.1. The van der Waals surface area contributed by atoms with Crippen molar-refractivity contribution in [3.8, 4) is 5.69 Å². The van der Waals surface area contributed by atoms with Gasteiger partial charge in [-0.15, -0.1) is 5.53 Å². The standard InChI is InChI=1S/C21H19N7O/c1-15-6-21-23-18(11-27(21)10-17(15)14-29)12-28-13-20(24-25-28)16-7-19(9-22-8-16)26-4-2-3-5-26/h2-11,13-14,24-25H,12H2,1H3. The van der Waals surface area contributed by atoms with Gasteiger partial charge in [-0.2, -0.15) is 0 Å². The lowest BCUT2D eigenvalue weighted by Gasteiger charge is -2.12. The molecular formula is C21H19N7O. The van der Waals surface area contributed by atoms with E-state index in [1.807, 2.05) is 82.5 Å².